The Morgan fingerprint density at radius 2 is 1.49 bits per heavy atom. The number of rotatable bonds is 8. The van der Waals surface area contributed by atoms with Crippen molar-refractivity contribution in [3.8, 4) is 34.0 Å². The number of carboxylic acid groups (broad SMARTS) is 1. The van der Waals surface area contributed by atoms with E-state index in [1.807, 2.05) is 91.0 Å². The van der Waals surface area contributed by atoms with Crippen molar-refractivity contribution in [2.45, 2.75) is 25.8 Å². The summed E-state index contributed by atoms with van der Waals surface area (Å²) in [6, 6.07) is 33.8. The molecule has 0 spiro atoms. The zero-order valence-corrected chi connectivity index (χ0v) is 23.3. The Hall–Kier alpha value is -4.26. The van der Waals surface area contributed by atoms with Gasteiger partial charge in [-0.15, -0.1) is 0 Å². The molecular formula is C34H30ClN3O3. The maximum atomic E-state index is 12.3. The van der Waals surface area contributed by atoms with E-state index in [1.165, 1.54) is 0 Å². The van der Waals surface area contributed by atoms with E-state index < -0.39 is 11.4 Å². The maximum Gasteiger partial charge on any atom is 0.310 e. The van der Waals surface area contributed by atoms with Crippen LogP contribution in [0, 0.1) is 5.41 Å². The number of hydrogen-bond acceptors (Lipinski definition) is 5. The minimum absolute atomic E-state index is 0.413. The molecule has 0 bridgehead atoms. The second-order valence-corrected chi connectivity index (χ2v) is 11.1. The average molecular weight is 564 g/mol. The Balaban J connectivity index is 1.09. The van der Waals surface area contributed by atoms with Crippen LogP contribution >= 0.6 is 11.6 Å². The average Bonchev–Trinajstić information content (AvgIpc) is 3.50. The van der Waals surface area contributed by atoms with E-state index in [4.69, 9.17) is 16.1 Å². The van der Waals surface area contributed by atoms with Crippen LogP contribution in [-0.2, 0) is 17.8 Å². The van der Waals surface area contributed by atoms with Crippen LogP contribution in [0.3, 0.4) is 0 Å². The van der Waals surface area contributed by atoms with Crippen LogP contribution < -0.4 is 0 Å². The lowest BCUT2D eigenvalue weighted by molar-refractivity contribution is -0.152. The molecule has 0 atom stereocenters. The fourth-order valence-corrected chi connectivity index (χ4v) is 5.86. The highest BCUT2D eigenvalue weighted by Crippen LogP contribution is 2.36. The number of carbonyl (C=O) groups is 1. The molecule has 206 valence electrons. The Bertz CT molecular complexity index is 1630. The minimum Gasteiger partial charge on any atom is -0.481 e. The number of likely N-dealkylation sites (tertiary alicyclic amines) is 1. The van der Waals surface area contributed by atoms with Crippen molar-refractivity contribution in [3.05, 3.63) is 119 Å². The maximum absolute atomic E-state index is 12.3. The third kappa shape index (κ3) is 5.94. The molecule has 0 saturated carbocycles. The monoisotopic (exact) mass is 563 g/mol. The van der Waals surface area contributed by atoms with Crippen LogP contribution in [-0.4, -0.2) is 39.2 Å². The number of aromatic nitrogens is 2. The first-order chi connectivity index (χ1) is 20.0. The largest absolute Gasteiger partial charge is 0.481 e. The topological polar surface area (TPSA) is 79.5 Å². The van der Waals surface area contributed by atoms with Gasteiger partial charge in [-0.3, -0.25) is 9.69 Å². The lowest BCUT2D eigenvalue weighted by atomic mass is 9.74. The Morgan fingerprint density at radius 1 is 0.829 bits per heavy atom. The Kier molecular flexibility index (Phi) is 7.68. The number of aliphatic carboxylic acids is 1. The Labute approximate surface area is 244 Å². The summed E-state index contributed by atoms with van der Waals surface area (Å²) in [4.78, 5) is 19.2. The van der Waals surface area contributed by atoms with Gasteiger partial charge in [0.05, 0.1) is 5.41 Å². The van der Waals surface area contributed by atoms with Crippen molar-refractivity contribution < 1.29 is 14.4 Å². The zero-order chi connectivity index (χ0) is 28.2. The number of piperidine rings is 1. The number of carboxylic acids is 1. The smallest absolute Gasteiger partial charge is 0.310 e. The summed E-state index contributed by atoms with van der Waals surface area (Å²) in [5.74, 6) is 0.232. The van der Waals surface area contributed by atoms with Gasteiger partial charge >= 0.3 is 5.97 Å². The molecule has 6 rings (SSSR count). The van der Waals surface area contributed by atoms with E-state index >= 15 is 0 Å². The van der Waals surface area contributed by atoms with Crippen LogP contribution in [0.15, 0.2) is 108 Å². The van der Waals surface area contributed by atoms with Crippen molar-refractivity contribution in [1.82, 2.24) is 15.0 Å². The van der Waals surface area contributed by atoms with Crippen molar-refractivity contribution >= 4 is 17.6 Å². The quantitative estimate of drug-likeness (QED) is 0.209. The molecule has 1 N–H and O–H groups in total. The van der Waals surface area contributed by atoms with E-state index in [-0.39, 0.29) is 0 Å². The van der Waals surface area contributed by atoms with E-state index in [9.17, 15) is 9.90 Å². The van der Waals surface area contributed by atoms with Gasteiger partial charge in [0.1, 0.15) is 0 Å². The van der Waals surface area contributed by atoms with Crippen LogP contribution in [0.5, 0.6) is 0 Å². The molecule has 0 amide bonds. The highest BCUT2D eigenvalue weighted by atomic mass is 35.5. The van der Waals surface area contributed by atoms with E-state index in [1.54, 1.807) is 0 Å². The van der Waals surface area contributed by atoms with Crippen LogP contribution in [0.2, 0.25) is 5.02 Å². The normalized spacial score (nSPS) is 15.0. The summed E-state index contributed by atoms with van der Waals surface area (Å²) in [5, 5.41) is 14.9. The van der Waals surface area contributed by atoms with Gasteiger partial charge in [-0.25, -0.2) is 0 Å². The van der Waals surface area contributed by atoms with Crippen LogP contribution in [0.4, 0.5) is 0 Å². The molecule has 6 nitrogen and oxygen atoms in total. The van der Waals surface area contributed by atoms with Crippen molar-refractivity contribution in [3.63, 3.8) is 0 Å². The summed E-state index contributed by atoms with van der Waals surface area (Å²) in [6.07, 6.45) is 1.84. The molecule has 1 aliphatic heterocycles. The van der Waals surface area contributed by atoms with Crippen LogP contribution in [0.25, 0.3) is 34.0 Å². The molecule has 1 fully saturated rings. The summed E-state index contributed by atoms with van der Waals surface area (Å²) in [6.45, 7) is 2.27. The molecule has 0 radical (unpaired) electrons. The summed E-state index contributed by atoms with van der Waals surface area (Å²) >= 11 is 6.58. The molecular weight excluding hydrogens is 534 g/mol. The number of benzene rings is 4. The molecule has 0 unspecified atom stereocenters. The molecule has 1 aliphatic rings. The van der Waals surface area contributed by atoms with E-state index in [0.29, 0.717) is 36.0 Å². The molecule has 1 saturated heterocycles. The van der Waals surface area contributed by atoms with Gasteiger partial charge in [0.25, 0.3) is 5.89 Å². The SMILES string of the molecule is O=C(O)C1(Cc2ccccc2)CCN(Cc2ccc(-c3noc(-c4ccc(-c5ccccc5)c(Cl)c4)n3)cc2)CC1. The van der Waals surface area contributed by atoms with Gasteiger partial charge < -0.3 is 9.63 Å². The van der Waals surface area contributed by atoms with Gasteiger partial charge in [-0.05, 0) is 61.2 Å². The van der Waals surface area contributed by atoms with Crippen molar-refractivity contribution in [2.24, 2.45) is 5.41 Å². The second kappa shape index (κ2) is 11.7. The molecule has 2 heterocycles. The fourth-order valence-electron chi connectivity index (χ4n) is 5.57. The predicted molar refractivity (Wildman–Crippen MR) is 160 cm³/mol. The zero-order valence-electron chi connectivity index (χ0n) is 22.5. The molecule has 4 aromatic carbocycles. The van der Waals surface area contributed by atoms with Gasteiger partial charge in [0.15, 0.2) is 0 Å². The number of nitrogens with zero attached hydrogens (tertiary/aromatic N) is 3. The first-order valence-corrected chi connectivity index (χ1v) is 14.1. The molecule has 5 aromatic rings. The minimum atomic E-state index is -0.704. The van der Waals surface area contributed by atoms with E-state index in [2.05, 4.69) is 27.2 Å². The fraction of sp³-hybridized carbons (Fsp3) is 0.206. The van der Waals surface area contributed by atoms with Gasteiger partial charge in [-0.1, -0.05) is 108 Å². The molecule has 0 aliphatic carbocycles. The molecule has 7 heteroatoms. The van der Waals surface area contributed by atoms with Crippen molar-refractivity contribution in [1.29, 1.82) is 0 Å². The van der Waals surface area contributed by atoms with Crippen LogP contribution in [0.1, 0.15) is 24.0 Å². The second-order valence-electron chi connectivity index (χ2n) is 10.7. The van der Waals surface area contributed by atoms with E-state index in [0.717, 1.165) is 53.0 Å². The predicted octanol–water partition coefficient (Wildman–Crippen LogP) is 7.63. The van der Waals surface area contributed by atoms with Gasteiger partial charge in [0, 0.05) is 28.3 Å². The molecule has 1 aromatic heterocycles. The first-order valence-electron chi connectivity index (χ1n) is 13.8. The lowest BCUT2D eigenvalue weighted by Gasteiger charge is -2.39. The lowest BCUT2D eigenvalue weighted by Crippen LogP contribution is -2.45. The number of hydrogen-bond donors (Lipinski definition) is 1. The molecule has 41 heavy (non-hydrogen) atoms. The van der Waals surface area contributed by atoms with Gasteiger partial charge in [-0.2, -0.15) is 4.98 Å². The van der Waals surface area contributed by atoms with Gasteiger partial charge in [0.2, 0.25) is 5.82 Å². The number of halogens is 1. The summed E-state index contributed by atoms with van der Waals surface area (Å²) in [7, 11) is 0. The highest BCUT2D eigenvalue weighted by molar-refractivity contribution is 6.33. The van der Waals surface area contributed by atoms with Crippen molar-refractivity contribution in [2.75, 3.05) is 13.1 Å². The third-order valence-electron chi connectivity index (χ3n) is 8.00. The summed E-state index contributed by atoms with van der Waals surface area (Å²) < 4.78 is 5.56. The highest BCUT2D eigenvalue weighted by Gasteiger charge is 2.41. The Morgan fingerprint density at radius 3 is 2.15 bits per heavy atom. The standard InChI is InChI=1S/C34H30ClN3O3/c35-30-21-28(15-16-29(30)26-9-5-2-6-10-26)32-36-31(37-41-32)27-13-11-25(12-14-27)23-38-19-17-34(18-20-38,33(39)40)22-24-7-3-1-4-8-24/h1-16,21H,17-20,22-23H2,(H,39,40). The first kappa shape index (κ1) is 26.9. The third-order valence-corrected chi connectivity index (χ3v) is 8.31. The summed E-state index contributed by atoms with van der Waals surface area (Å²) in [5.41, 5.74) is 5.16.